The van der Waals surface area contributed by atoms with E-state index >= 15 is 0 Å². The zero-order chi connectivity index (χ0) is 10.5. The predicted octanol–water partition coefficient (Wildman–Crippen LogP) is 2.28. The summed E-state index contributed by atoms with van der Waals surface area (Å²) >= 11 is 0. The van der Waals surface area contributed by atoms with Crippen molar-refractivity contribution in [2.24, 2.45) is 0 Å². The van der Waals surface area contributed by atoms with Gasteiger partial charge in [-0.05, 0) is 18.4 Å². The Morgan fingerprint density at radius 1 is 1.13 bits per heavy atom. The van der Waals surface area contributed by atoms with E-state index in [0.29, 0.717) is 13.0 Å². The summed E-state index contributed by atoms with van der Waals surface area (Å²) in [5, 5.41) is 9.67. The lowest BCUT2D eigenvalue weighted by Crippen LogP contribution is -2.30. The Morgan fingerprint density at radius 2 is 1.87 bits per heavy atom. The van der Waals surface area contributed by atoms with E-state index in [0.717, 1.165) is 12.0 Å². The molecule has 15 heavy (non-hydrogen) atoms. The van der Waals surface area contributed by atoms with Crippen LogP contribution >= 0.6 is 0 Å². The van der Waals surface area contributed by atoms with Crippen LogP contribution in [0.5, 0.6) is 0 Å². The quantitative estimate of drug-likeness (QED) is 0.765. The van der Waals surface area contributed by atoms with E-state index in [1.807, 2.05) is 36.4 Å². The molecule has 0 aliphatic heterocycles. The fraction of sp³-hybridized carbons (Fsp3) is 0.385. The molecule has 0 fully saturated rings. The monoisotopic (exact) mass is 204 g/mol. The molecule has 0 bridgehead atoms. The van der Waals surface area contributed by atoms with Gasteiger partial charge in [-0.1, -0.05) is 42.5 Å². The van der Waals surface area contributed by atoms with Crippen molar-refractivity contribution in [2.75, 3.05) is 0 Å². The summed E-state index contributed by atoms with van der Waals surface area (Å²) in [6.45, 7) is 0.580. The molecule has 1 N–H and O–H groups in total. The lowest BCUT2D eigenvalue weighted by Gasteiger charge is -2.24. The van der Waals surface area contributed by atoms with Crippen LogP contribution in [0.3, 0.4) is 0 Å². The Morgan fingerprint density at radius 3 is 2.60 bits per heavy atom. The molecule has 0 heterocycles. The summed E-state index contributed by atoms with van der Waals surface area (Å²) in [6, 6.07) is 10.0. The fourth-order valence-electron chi connectivity index (χ4n) is 1.73. The number of rotatable bonds is 3. The largest absolute Gasteiger partial charge is 0.390 e. The van der Waals surface area contributed by atoms with Crippen LogP contribution in [-0.2, 0) is 11.3 Å². The molecule has 1 aliphatic rings. The van der Waals surface area contributed by atoms with Crippen molar-refractivity contribution >= 4 is 0 Å². The van der Waals surface area contributed by atoms with Gasteiger partial charge in [0, 0.05) is 0 Å². The van der Waals surface area contributed by atoms with Crippen LogP contribution in [-0.4, -0.2) is 17.3 Å². The molecule has 2 rings (SSSR count). The van der Waals surface area contributed by atoms with E-state index in [4.69, 9.17) is 4.74 Å². The van der Waals surface area contributed by atoms with Gasteiger partial charge in [-0.25, -0.2) is 0 Å². The number of ether oxygens (including phenoxy) is 1. The molecular weight excluding hydrogens is 188 g/mol. The van der Waals surface area contributed by atoms with Crippen molar-refractivity contribution in [2.45, 2.75) is 31.7 Å². The van der Waals surface area contributed by atoms with Gasteiger partial charge >= 0.3 is 0 Å². The minimum atomic E-state index is -0.348. The molecule has 2 heteroatoms. The summed E-state index contributed by atoms with van der Waals surface area (Å²) in [6.07, 6.45) is 5.21. The highest BCUT2D eigenvalue weighted by molar-refractivity contribution is 5.13. The van der Waals surface area contributed by atoms with E-state index in [1.54, 1.807) is 0 Å². The lowest BCUT2D eigenvalue weighted by molar-refractivity contribution is -0.0456. The summed E-state index contributed by atoms with van der Waals surface area (Å²) in [4.78, 5) is 0. The second-order valence-corrected chi connectivity index (χ2v) is 3.85. The Bertz CT molecular complexity index is 319. The first kappa shape index (κ1) is 10.4. The van der Waals surface area contributed by atoms with Gasteiger partial charge in [-0.15, -0.1) is 0 Å². The molecule has 80 valence electrons. The van der Waals surface area contributed by atoms with E-state index in [-0.39, 0.29) is 12.2 Å². The van der Waals surface area contributed by atoms with Crippen molar-refractivity contribution in [3.63, 3.8) is 0 Å². The third-order valence-corrected chi connectivity index (χ3v) is 2.65. The van der Waals surface area contributed by atoms with Crippen molar-refractivity contribution in [3.05, 3.63) is 48.0 Å². The van der Waals surface area contributed by atoms with Gasteiger partial charge in [0.2, 0.25) is 0 Å². The van der Waals surface area contributed by atoms with Crippen LogP contribution in [0.2, 0.25) is 0 Å². The number of aliphatic hydroxyl groups is 1. The molecule has 2 nitrogen and oxygen atoms in total. The number of hydrogen-bond acceptors (Lipinski definition) is 2. The third-order valence-electron chi connectivity index (χ3n) is 2.65. The zero-order valence-corrected chi connectivity index (χ0v) is 8.67. The van der Waals surface area contributed by atoms with Gasteiger partial charge in [-0.2, -0.15) is 0 Å². The second-order valence-electron chi connectivity index (χ2n) is 3.85. The van der Waals surface area contributed by atoms with Crippen LogP contribution in [0.4, 0.5) is 0 Å². The van der Waals surface area contributed by atoms with E-state index in [2.05, 4.69) is 6.08 Å². The molecule has 0 radical (unpaired) electrons. The number of hydrogen-bond donors (Lipinski definition) is 1. The first-order valence-corrected chi connectivity index (χ1v) is 5.35. The maximum Gasteiger partial charge on any atom is 0.0875 e. The molecule has 1 aromatic carbocycles. The Kier molecular flexibility index (Phi) is 3.54. The topological polar surface area (TPSA) is 29.5 Å². The molecule has 0 aromatic heterocycles. The normalized spacial score (nSPS) is 25.4. The van der Waals surface area contributed by atoms with Crippen LogP contribution in [0.1, 0.15) is 18.4 Å². The standard InChI is InChI=1S/C13H16O2/c14-12-8-4-5-9-13(12)15-10-11-6-2-1-3-7-11/h1-7,12-14H,8-10H2/t12-,13+/m1/s1. The molecule has 1 aromatic rings. The van der Waals surface area contributed by atoms with Crippen molar-refractivity contribution < 1.29 is 9.84 Å². The SMILES string of the molecule is O[C@@H]1CC=CC[C@@H]1OCc1ccccc1. The molecule has 2 atom stereocenters. The Labute approximate surface area is 90.2 Å². The summed E-state index contributed by atoms with van der Waals surface area (Å²) in [7, 11) is 0. The molecule has 1 aliphatic carbocycles. The van der Waals surface area contributed by atoms with Gasteiger partial charge in [0.1, 0.15) is 0 Å². The van der Waals surface area contributed by atoms with E-state index < -0.39 is 0 Å². The van der Waals surface area contributed by atoms with Crippen LogP contribution in [0.15, 0.2) is 42.5 Å². The zero-order valence-electron chi connectivity index (χ0n) is 8.67. The average Bonchev–Trinajstić information content (AvgIpc) is 2.29. The first-order chi connectivity index (χ1) is 7.36. The smallest absolute Gasteiger partial charge is 0.0875 e. The number of aliphatic hydroxyl groups excluding tert-OH is 1. The summed E-state index contributed by atoms with van der Waals surface area (Å²) < 4.78 is 5.68. The molecule has 0 spiro atoms. The minimum absolute atomic E-state index is 0.0461. The summed E-state index contributed by atoms with van der Waals surface area (Å²) in [5.41, 5.74) is 1.15. The van der Waals surface area contributed by atoms with Gasteiger partial charge in [0.25, 0.3) is 0 Å². The fourth-order valence-corrected chi connectivity index (χ4v) is 1.73. The predicted molar refractivity (Wildman–Crippen MR) is 59.4 cm³/mol. The first-order valence-electron chi connectivity index (χ1n) is 5.35. The van der Waals surface area contributed by atoms with E-state index in [1.165, 1.54) is 0 Å². The molecule has 0 saturated heterocycles. The second kappa shape index (κ2) is 5.10. The van der Waals surface area contributed by atoms with Crippen molar-refractivity contribution in [1.82, 2.24) is 0 Å². The van der Waals surface area contributed by atoms with Crippen molar-refractivity contribution in [1.29, 1.82) is 0 Å². The molecule has 0 saturated carbocycles. The molecular formula is C13H16O2. The lowest BCUT2D eigenvalue weighted by atomic mass is 10.0. The van der Waals surface area contributed by atoms with Crippen molar-refractivity contribution in [3.8, 4) is 0 Å². The van der Waals surface area contributed by atoms with Crippen LogP contribution < -0.4 is 0 Å². The van der Waals surface area contributed by atoms with E-state index in [9.17, 15) is 5.11 Å². The Hall–Kier alpha value is -1.12. The summed E-state index contributed by atoms with van der Waals surface area (Å²) in [5.74, 6) is 0. The van der Waals surface area contributed by atoms with Crippen LogP contribution in [0.25, 0.3) is 0 Å². The van der Waals surface area contributed by atoms with Gasteiger partial charge in [0.05, 0.1) is 18.8 Å². The minimum Gasteiger partial charge on any atom is -0.390 e. The highest BCUT2D eigenvalue weighted by atomic mass is 16.5. The Balaban J connectivity index is 1.85. The maximum absolute atomic E-state index is 9.67. The van der Waals surface area contributed by atoms with Gasteiger partial charge in [-0.3, -0.25) is 0 Å². The number of benzene rings is 1. The van der Waals surface area contributed by atoms with Gasteiger partial charge in [0.15, 0.2) is 0 Å². The molecule has 0 amide bonds. The molecule has 0 unspecified atom stereocenters. The highest BCUT2D eigenvalue weighted by Crippen LogP contribution is 2.16. The maximum atomic E-state index is 9.67. The van der Waals surface area contributed by atoms with Crippen LogP contribution in [0, 0.1) is 0 Å². The highest BCUT2D eigenvalue weighted by Gasteiger charge is 2.20. The average molecular weight is 204 g/mol. The third kappa shape index (κ3) is 2.91. The van der Waals surface area contributed by atoms with Gasteiger partial charge < -0.3 is 9.84 Å².